The Kier molecular flexibility index (Phi) is 5.58. The van der Waals surface area contributed by atoms with Gasteiger partial charge in [0, 0.05) is 56.0 Å². The fraction of sp³-hybridized carbons (Fsp3) is 0.409. The Hall–Kier alpha value is -2.80. The molecule has 4 rings (SSSR count). The van der Waals surface area contributed by atoms with Crippen LogP contribution in [-0.4, -0.2) is 46.0 Å². The lowest BCUT2D eigenvalue weighted by atomic mass is 10.2. The highest BCUT2D eigenvalue weighted by Crippen LogP contribution is 2.22. The van der Waals surface area contributed by atoms with E-state index < -0.39 is 0 Å². The number of piperazine rings is 1. The normalized spacial score (nSPS) is 15.3. The van der Waals surface area contributed by atoms with Gasteiger partial charge in [-0.05, 0) is 25.1 Å². The molecule has 0 aliphatic carbocycles. The topological polar surface area (TPSA) is 58.3 Å². The number of aromatic nitrogens is 3. The van der Waals surface area contributed by atoms with E-state index in [1.807, 2.05) is 6.92 Å². The lowest BCUT2D eigenvalue weighted by molar-refractivity contribution is 0.246. The Morgan fingerprint density at radius 3 is 2.59 bits per heavy atom. The highest BCUT2D eigenvalue weighted by atomic mass is 19.1. The summed E-state index contributed by atoms with van der Waals surface area (Å²) < 4.78 is 19.0. The van der Waals surface area contributed by atoms with E-state index >= 15 is 0 Å². The summed E-state index contributed by atoms with van der Waals surface area (Å²) in [7, 11) is 0. The van der Waals surface area contributed by atoms with Crippen LogP contribution in [0, 0.1) is 12.7 Å². The fourth-order valence-corrected chi connectivity index (χ4v) is 3.49. The summed E-state index contributed by atoms with van der Waals surface area (Å²) in [5.41, 5.74) is 2.52. The molecule has 0 saturated carbocycles. The third-order valence-corrected chi connectivity index (χ3v) is 5.08. The monoisotopic (exact) mass is 395 g/mol. The van der Waals surface area contributed by atoms with E-state index in [0.29, 0.717) is 23.9 Å². The zero-order chi connectivity index (χ0) is 20.4. The van der Waals surface area contributed by atoms with Gasteiger partial charge in [0.05, 0.1) is 5.69 Å². The summed E-state index contributed by atoms with van der Waals surface area (Å²) in [6.45, 7) is 10.6. The first kappa shape index (κ1) is 19.5. The van der Waals surface area contributed by atoms with E-state index in [9.17, 15) is 4.39 Å². The van der Waals surface area contributed by atoms with Crippen molar-refractivity contribution in [3.05, 3.63) is 59.6 Å². The molecule has 0 bridgehead atoms. The van der Waals surface area contributed by atoms with Gasteiger partial charge in [-0.15, -0.1) is 0 Å². The van der Waals surface area contributed by atoms with Crippen LogP contribution in [0.1, 0.15) is 37.0 Å². The average Bonchev–Trinajstić information content (AvgIpc) is 3.16. The number of nitrogens with zero attached hydrogens (tertiary/aromatic N) is 5. The first-order valence-electron chi connectivity index (χ1n) is 10.0. The smallest absolute Gasteiger partial charge is 0.226 e. The molecule has 0 spiro atoms. The second-order valence-electron chi connectivity index (χ2n) is 7.80. The van der Waals surface area contributed by atoms with Gasteiger partial charge in [0.25, 0.3) is 0 Å². The molecule has 7 heteroatoms. The van der Waals surface area contributed by atoms with Crippen molar-refractivity contribution in [3.63, 3.8) is 0 Å². The molecule has 1 fully saturated rings. The molecule has 2 aromatic heterocycles. The number of benzene rings is 1. The molecule has 0 N–H and O–H groups in total. The Bertz CT molecular complexity index is 979. The van der Waals surface area contributed by atoms with Crippen molar-refractivity contribution in [2.75, 3.05) is 31.1 Å². The number of aryl methyl sites for hydroxylation is 1. The number of oxazole rings is 1. The minimum Gasteiger partial charge on any atom is -0.444 e. The molecule has 1 aliphatic rings. The lowest BCUT2D eigenvalue weighted by Crippen LogP contribution is -2.46. The summed E-state index contributed by atoms with van der Waals surface area (Å²) in [6.07, 6.45) is 1.66. The molecular formula is C22H26FN5O. The van der Waals surface area contributed by atoms with Crippen molar-refractivity contribution >= 4 is 5.82 Å². The molecular weight excluding hydrogens is 369 g/mol. The molecule has 3 aromatic rings. The molecule has 152 valence electrons. The van der Waals surface area contributed by atoms with E-state index in [0.717, 1.165) is 49.2 Å². The standard InChI is InChI=1S/C22H26FN5O/c1-15(2)21-24-16(3)11-20(26-21)28-9-7-27(8-10-28)13-19-14-29-22(25-19)17-5-4-6-18(23)12-17/h4-6,11-12,14-15H,7-10,13H2,1-3H3. The predicted molar refractivity (Wildman–Crippen MR) is 110 cm³/mol. The first-order valence-corrected chi connectivity index (χ1v) is 10.0. The van der Waals surface area contributed by atoms with Crippen LogP contribution in [0.15, 0.2) is 41.0 Å². The van der Waals surface area contributed by atoms with Gasteiger partial charge in [-0.25, -0.2) is 19.3 Å². The van der Waals surface area contributed by atoms with Crippen molar-refractivity contribution in [2.45, 2.75) is 33.2 Å². The number of hydrogen-bond donors (Lipinski definition) is 0. The van der Waals surface area contributed by atoms with Gasteiger partial charge >= 0.3 is 0 Å². The Morgan fingerprint density at radius 1 is 1.07 bits per heavy atom. The molecule has 3 heterocycles. The number of hydrogen-bond acceptors (Lipinski definition) is 6. The van der Waals surface area contributed by atoms with Crippen LogP contribution >= 0.6 is 0 Å². The van der Waals surface area contributed by atoms with Crippen LogP contribution in [0.4, 0.5) is 10.2 Å². The second kappa shape index (κ2) is 8.29. The molecule has 29 heavy (non-hydrogen) atoms. The Labute approximate surface area is 170 Å². The third-order valence-electron chi connectivity index (χ3n) is 5.08. The van der Waals surface area contributed by atoms with E-state index in [1.165, 1.54) is 12.1 Å². The predicted octanol–water partition coefficient (Wildman–Crippen LogP) is 4.02. The van der Waals surface area contributed by atoms with E-state index in [2.05, 4.69) is 39.7 Å². The molecule has 1 saturated heterocycles. The van der Waals surface area contributed by atoms with E-state index in [1.54, 1.807) is 18.4 Å². The van der Waals surface area contributed by atoms with Crippen LogP contribution in [0.5, 0.6) is 0 Å². The molecule has 6 nitrogen and oxygen atoms in total. The summed E-state index contributed by atoms with van der Waals surface area (Å²) >= 11 is 0. The maximum Gasteiger partial charge on any atom is 0.226 e. The summed E-state index contributed by atoms with van der Waals surface area (Å²) in [6, 6.07) is 8.37. The van der Waals surface area contributed by atoms with Crippen LogP contribution < -0.4 is 4.90 Å². The minimum absolute atomic E-state index is 0.293. The molecule has 0 radical (unpaired) electrons. The zero-order valence-electron chi connectivity index (χ0n) is 17.1. The van der Waals surface area contributed by atoms with Gasteiger partial charge < -0.3 is 9.32 Å². The second-order valence-corrected chi connectivity index (χ2v) is 7.80. The van der Waals surface area contributed by atoms with Crippen molar-refractivity contribution < 1.29 is 8.81 Å². The largest absolute Gasteiger partial charge is 0.444 e. The van der Waals surface area contributed by atoms with Crippen LogP contribution in [-0.2, 0) is 6.54 Å². The van der Waals surface area contributed by atoms with Gasteiger partial charge in [0.1, 0.15) is 23.7 Å². The van der Waals surface area contributed by atoms with Crippen molar-refractivity contribution in [3.8, 4) is 11.5 Å². The van der Waals surface area contributed by atoms with Gasteiger partial charge in [-0.2, -0.15) is 0 Å². The highest BCUT2D eigenvalue weighted by Gasteiger charge is 2.20. The molecule has 0 atom stereocenters. The molecule has 1 aromatic carbocycles. The third kappa shape index (κ3) is 4.62. The number of rotatable bonds is 5. The molecule has 0 unspecified atom stereocenters. The maximum absolute atomic E-state index is 13.4. The molecule has 1 aliphatic heterocycles. The van der Waals surface area contributed by atoms with E-state index in [-0.39, 0.29) is 5.82 Å². The maximum atomic E-state index is 13.4. The van der Waals surface area contributed by atoms with Gasteiger partial charge in [-0.3, -0.25) is 4.90 Å². The zero-order valence-corrected chi connectivity index (χ0v) is 17.1. The lowest BCUT2D eigenvalue weighted by Gasteiger charge is -2.35. The van der Waals surface area contributed by atoms with Gasteiger partial charge in [-0.1, -0.05) is 19.9 Å². The summed E-state index contributed by atoms with van der Waals surface area (Å²) in [5.74, 6) is 2.38. The van der Waals surface area contributed by atoms with E-state index in [4.69, 9.17) is 9.40 Å². The van der Waals surface area contributed by atoms with Crippen LogP contribution in [0.2, 0.25) is 0 Å². The summed E-state index contributed by atoms with van der Waals surface area (Å²) in [4.78, 5) is 18.5. The Morgan fingerprint density at radius 2 is 1.86 bits per heavy atom. The molecule has 0 amide bonds. The first-order chi connectivity index (χ1) is 14.0. The average molecular weight is 395 g/mol. The Balaban J connectivity index is 1.37. The number of halogens is 1. The highest BCUT2D eigenvalue weighted by molar-refractivity contribution is 5.52. The van der Waals surface area contributed by atoms with Gasteiger partial charge in [0.15, 0.2) is 0 Å². The van der Waals surface area contributed by atoms with Crippen molar-refractivity contribution in [2.24, 2.45) is 0 Å². The fourth-order valence-electron chi connectivity index (χ4n) is 3.49. The van der Waals surface area contributed by atoms with Crippen molar-refractivity contribution in [1.29, 1.82) is 0 Å². The minimum atomic E-state index is -0.293. The SMILES string of the molecule is Cc1cc(N2CCN(Cc3coc(-c4cccc(F)c4)n3)CC2)nc(C(C)C)n1. The van der Waals surface area contributed by atoms with Gasteiger partial charge in [0.2, 0.25) is 5.89 Å². The van der Waals surface area contributed by atoms with Crippen LogP contribution in [0.25, 0.3) is 11.5 Å². The van der Waals surface area contributed by atoms with Crippen molar-refractivity contribution in [1.82, 2.24) is 19.9 Å². The number of anilines is 1. The summed E-state index contributed by atoms with van der Waals surface area (Å²) in [5, 5.41) is 0. The quantitative estimate of drug-likeness (QED) is 0.650. The van der Waals surface area contributed by atoms with Crippen LogP contribution in [0.3, 0.4) is 0 Å².